The van der Waals surface area contributed by atoms with Gasteiger partial charge in [-0.05, 0) is 51.7 Å². The predicted molar refractivity (Wildman–Crippen MR) is 104 cm³/mol. The molecule has 154 valence electrons. The third-order valence-corrected chi connectivity index (χ3v) is 5.50. The van der Waals surface area contributed by atoms with E-state index in [2.05, 4.69) is 32.4 Å². The van der Waals surface area contributed by atoms with Crippen molar-refractivity contribution in [1.29, 1.82) is 0 Å². The van der Waals surface area contributed by atoms with Crippen molar-refractivity contribution in [3.05, 3.63) is 16.1 Å². The summed E-state index contributed by atoms with van der Waals surface area (Å²) in [6.07, 6.45) is -0.366. The summed E-state index contributed by atoms with van der Waals surface area (Å²) in [5.74, 6) is 1.55. The largest absolute Gasteiger partial charge is 0.434 e. The van der Waals surface area contributed by atoms with Gasteiger partial charge in [-0.3, -0.25) is 4.99 Å². The molecule has 1 aromatic rings. The fourth-order valence-corrected chi connectivity index (χ4v) is 3.76. The molecule has 5 nitrogen and oxygen atoms in total. The maximum absolute atomic E-state index is 12.6. The van der Waals surface area contributed by atoms with Crippen LogP contribution in [0.2, 0.25) is 0 Å². The van der Waals surface area contributed by atoms with Crippen molar-refractivity contribution in [2.75, 3.05) is 39.3 Å². The van der Waals surface area contributed by atoms with Crippen LogP contribution in [-0.2, 0) is 12.6 Å². The van der Waals surface area contributed by atoms with Gasteiger partial charge in [0.2, 0.25) is 0 Å². The van der Waals surface area contributed by atoms with E-state index in [1.54, 1.807) is 0 Å². The number of thiazole rings is 1. The molecule has 0 saturated carbocycles. The quantitative estimate of drug-likeness (QED) is 0.396. The van der Waals surface area contributed by atoms with E-state index in [-0.39, 0.29) is 0 Å². The van der Waals surface area contributed by atoms with Gasteiger partial charge in [0.15, 0.2) is 11.7 Å². The van der Waals surface area contributed by atoms with Crippen LogP contribution in [0.5, 0.6) is 0 Å². The fourth-order valence-electron chi connectivity index (χ4n) is 2.96. The van der Waals surface area contributed by atoms with Crippen LogP contribution in [-0.4, -0.2) is 55.1 Å². The smallest absolute Gasteiger partial charge is 0.357 e. The zero-order chi connectivity index (χ0) is 19.7. The van der Waals surface area contributed by atoms with E-state index in [0.29, 0.717) is 23.9 Å². The first-order valence-corrected chi connectivity index (χ1v) is 10.5. The van der Waals surface area contributed by atoms with Crippen LogP contribution in [0.25, 0.3) is 0 Å². The maximum atomic E-state index is 12.6. The average molecular weight is 406 g/mol. The van der Waals surface area contributed by atoms with E-state index in [1.165, 1.54) is 25.9 Å². The van der Waals surface area contributed by atoms with Gasteiger partial charge in [-0.2, -0.15) is 13.2 Å². The lowest BCUT2D eigenvalue weighted by Crippen LogP contribution is -2.38. The molecule has 0 aliphatic carbocycles. The van der Waals surface area contributed by atoms with Crippen LogP contribution in [0, 0.1) is 5.92 Å². The van der Waals surface area contributed by atoms with Gasteiger partial charge >= 0.3 is 6.18 Å². The minimum absolute atomic E-state index is 0.442. The Morgan fingerprint density at radius 2 is 2.07 bits per heavy atom. The van der Waals surface area contributed by atoms with Crippen molar-refractivity contribution in [3.8, 4) is 0 Å². The van der Waals surface area contributed by atoms with E-state index in [4.69, 9.17) is 0 Å². The first-order valence-electron chi connectivity index (χ1n) is 9.64. The molecule has 2 heterocycles. The minimum Gasteiger partial charge on any atom is -0.357 e. The summed E-state index contributed by atoms with van der Waals surface area (Å²) in [5, 5.41) is 7.89. The summed E-state index contributed by atoms with van der Waals surface area (Å²) in [6.45, 7) is 9.69. The van der Waals surface area contributed by atoms with Crippen LogP contribution in [0.4, 0.5) is 13.2 Å². The minimum atomic E-state index is -4.37. The monoisotopic (exact) mass is 405 g/mol. The molecular weight excluding hydrogens is 375 g/mol. The summed E-state index contributed by atoms with van der Waals surface area (Å²) in [4.78, 5) is 10.7. The highest BCUT2D eigenvalue weighted by Crippen LogP contribution is 2.30. The van der Waals surface area contributed by atoms with Gasteiger partial charge in [-0.25, -0.2) is 4.98 Å². The number of nitrogens with one attached hydrogen (secondary N) is 2. The van der Waals surface area contributed by atoms with Crippen LogP contribution < -0.4 is 10.6 Å². The van der Waals surface area contributed by atoms with Crippen molar-refractivity contribution >= 4 is 17.3 Å². The molecule has 2 N–H and O–H groups in total. The van der Waals surface area contributed by atoms with Crippen molar-refractivity contribution in [1.82, 2.24) is 20.5 Å². The molecule has 1 saturated heterocycles. The normalized spacial score (nSPS) is 17.3. The predicted octanol–water partition coefficient (Wildman–Crippen LogP) is 3.38. The van der Waals surface area contributed by atoms with Gasteiger partial charge in [-0.1, -0.05) is 6.92 Å². The van der Waals surface area contributed by atoms with Crippen molar-refractivity contribution < 1.29 is 13.2 Å². The van der Waals surface area contributed by atoms with Gasteiger partial charge in [0.25, 0.3) is 0 Å². The number of hydrogen-bond donors (Lipinski definition) is 2. The summed E-state index contributed by atoms with van der Waals surface area (Å²) >= 11 is 1.04. The summed E-state index contributed by atoms with van der Waals surface area (Å²) in [5.41, 5.74) is -0.810. The number of likely N-dealkylation sites (tertiary alicyclic amines) is 1. The highest BCUT2D eigenvalue weighted by Gasteiger charge is 2.33. The third kappa shape index (κ3) is 8.04. The Morgan fingerprint density at radius 3 is 2.70 bits per heavy atom. The molecule has 0 atom stereocenters. The number of rotatable bonds is 8. The number of alkyl halides is 3. The van der Waals surface area contributed by atoms with E-state index in [1.807, 2.05) is 6.92 Å². The van der Waals surface area contributed by atoms with Gasteiger partial charge in [0.05, 0.1) is 5.01 Å². The Hall–Kier alpha value is -1.35. The zero-order valence-electron chi connectivity index (χ0n) is 16.1. The Balaban J connectivity index is 1.69. The van der Waals surface area contributed by atoms with Crippen molar-refractivity contribution in [3.63, 3.8) is 0 Å². The molecule has 9 heteroatoms. The zero-order valence-corrected chi connectivity index (χ0v) is 16.9. The number of aliphatic imine (C=N–C) groups is 1. The Kier molecular flexibility index (Phi) is 8.82. The lowest BCUT2D eigenvalue weighted by Gasteiger charge is -2.29. The lowest BCUT2D eigenvalue weighted by atomic mass is 9.99. The SMILES string of the molecule is CCNC(=NCCCN1CCC(C)CC1)NCCc1nc(C(F)(F)F)cs1. The van der Waals surface area contributed by atoms with Gasteiger partial charge < -0.3 is 15.5 Å². The number of guanidine groups is 1. The molecule has 2 rings (SSSR count). The van der Waals surface area contributed by atoms with E-state index < -0.39 is 11.9 Å². The average Bonchev–Trinajstić information content (AvgIpc) is 3.09. The second-order valence-corrected chi connectivity index (χ2v) is 7.88. The Labute approximate surface area is 163 Å². The molecule has 1 aliphatic heterocycles. The molecule has 1 aromatic heterocycles. The summed E-state index contributed by atoms with van der Waals surface area (Å²) < 4.78 is 37.7. The van der Waals surface area contributed by atoms with E-state index >= 15 is 0 Å². The first kappa shape index (κ1) is 21.9. The second-order valence-electron chi connectivity index (χ2n) is 6.94. The van der Waals surface area contributed by atoms with E-state index in [0.717, 1.165) is 48.7 Å². The van der Waals surface area contributed by atoms with Crippen LogP contribution in [0.3, 0.4) is 0 Å². The molecule has 27 heavy (non-hydrogen) atoms. The van der Waals surface area contributed by atoms with Gasteiger partial charge in [0, 0.05) is 31.4 Å². The van der Waals surface area contributed by atoms with Gasteiger partial charge in [0.1, 0.15) is 0 Å². The number of nitrogens with zero attached hydrogens (tertiary/aromatic N) is 3. The molecule has 0 unspecified atom stereocenters. The van der Waals surface area contributed by atoms with E-state index in [9.17, 15) is 13.2 Å². The topological polar surface area (TPSA) is 52.6 Å². The molecule has 0 bridgehead atoms. The van der Waals surface area contributed by atoms with Crippen LogP contribution >= 0.6 is 11.3 Å². The molecule has 0 radical (unpaired) electrons. The third-order valence-electron chi connectivity index (χ3n) is 4.60. The first-order chi connectivity index (χ1) is 12.9. The summed E-state index contributed by atoms with van der Waals surface area (Å²) in [7, 11) is 0. The number of halogens is 3. The molecule has 0 aromatic carbocycles. The lowest BCUT2D eigenvalue weighted by molar-refractivity contribution is -0.140. The highest BCUT2D eigenvalue weighted by molar-refractivity contribution is 7.09. The second kappa shape index (κ2) is 10.8. The number of piperidine rings is 1. The van der Waals surface area contributed by atoms with Crippen LogP contribution in [0.1, 0.15) is 43.8 Å². The maximum Gasteiger partial charge on any atom is 0.434 e. The van der Waals surface area contributed by atoms with Gasteiger partial charge in [-0.15, -0.1) is 11.3 Å². The molecule has 1 aliphatic rings. The fraction of sp³-hybridized carbons (Fsp3) is 0.778. The summed E-state index contributed by atoms with van der Waals surface area (Å²) in [6, 6.07) is 0. The van der Waals surface area contributed by atoms with Crippen molar-refractivity contribution in [2.45, 2.75) is 45.7 Å². The highest BCUT2D eigenvalue weighted by atomic mass is 32.1. The number of hydrogen-bond acceptors (Lipinski definition) is 4. The van der Waals surface area contributed by atoms with Crippen molar-refractivity contribution in [2.24, 2.45) is 10.9 Å². The standard InChI is InChI=1S/C18H30F3N5S/c1-3-22-17(23-8-4-10-26-11-6-14(2)7-12-26)24-9-5-16-25-15(13-27-16)18(19,20)21/h13-14H,3-12H2,1-2H3,(H2,22,23,24). The molecular formula is C18H30F3N5S. The Morgan fingerprint density at radius 1 is 1.33 bits per heavy atom. The molecule has 0 spiro atoms. The Bertz CT molecular complexity index is 580. The number of aromatic nitrogens is 1. The van der Waals surface area contributed by atoms with Crippen LogP contribution in [0.15, 0.2) is 10.4 Å². The molecule has 1 fully saturated rings. The molecule has 0 amide bonds.